The summed E-state index contributed by atoms with van der Waals surface area (Å²) in [6.07, 6.45) is 3.04. The molecule has 102 valence electrons. The smallest absolute Gasteiger partial charge is 0.224 e. The van der Waals surface area contributed by atoms with Gasteiger partial charge in [0.25, 0.3) is 0 Å². The van der Waals surface area contributed by atoms with Crippen LogP contribution in [-0.4, -0.2) is 10.9 Å². The summed E-state index contributed by atoms with van der Waals surface area (Å²) in [7, 11) is 0. The van der Waals surface area contributed by atoms with Crippen molar-refractivity contribution in [2.75, 3.05) is 11.1 Å². The van der Waals surface area contributed by atoms with Crippen molar-refractivity contribution in [3.63, 3.8) is 0 Å². The van der Waals surface area contributed by atoms with Gasteiger partial charge in [-0.1, -0.05) is 11.8 Å². The number of nitrogen functional groups attached to an aromatic ring is 1. The number of fused-ring (bicyclic) bond motifs is 1. The molecule has 0 fully saturated rings. The van der Waals surface area contributed by atoms with Crippen molar-refractivity contribution in [1.29, 1.82) is 0 Å². The molecule has 0 unspecified atom stereocenters. The number of nitrogens with two attached hydrogens (primary N) is 1. The lowest BCUT2D eigenvalue weighted by molar-refractivity contribution is -0.116. The highest BCUT2D eigenvalue weighted by Gasteiger charge is 2.17. The van der Waals surface area contributed by atoms with Gasteiger partial charge in [0.15, 0.2) is 0 Å². The van der Waals surface area contributed by atoms with Crippen LogP contribution < -0.4 is 11.1 Å². The molecule has 4 nitrogen and oxygen atoms in total. The Bertz CT molecular complexity index is 673. The van der Waals surface area contributed by atoms with E-state index in [1.54, 1.807) is 6.20 Å². The van der Waals surface area contributed by atoms with E-state index in [4.69, 9.17) is 5.73 Å². The van der Waals surface area contributed by atoms with Gasteiger partial charge in [0.05, 0.1) is 0 Å². The lowest BCUT2D eigenvalue weighted by atomic mass is 10.0. The lowest BCUT2D eigenvalue weighted by Crippen LogP contribution is -2.19. The molecule has 2 aromatic rings. The van der Waals surface area contributed by atoms with E-state index in [1.807, 2.05) is 24.3 Å². The highest BCUT2D eigenvalue weighted by atomic mass is 79.9. The van der Waals surface area contributed by atoms with Crippen molar-refractivity contribution in [2.24, 2.45) is 0 Å². The molecule has 0 radical (unpaired) electrons. The van der Waals surface area contributed by atoms with Crippen LogP contribution in [-0.2, 0) is 11.2 Å². The number of rotatable bonds is 2. The van der Waals surface area contributed by atoms with Gasteiger partial charge in [0, 0.05) is 33.4 Å². The summed E-state index contributed by atoms with van der Waals surface area (Å²) in [5.41, 5.74) is 8.66. The minimum Gasteiger partial charge on any atom is -0.398 e. The monoisotopic (exact) mass is 349 g/mol. The lowest BCUT2D eigenvalue weighted by Gasteiger charge is -2.18. The van der Waals surface area contributed by atoms with Crippen LogP contribution in [0.5, 0.6) is 0 Å². The predicted octanol–water partition coefficient (Wildman–Crippen LogP) is 3.46. The first kappa shape index (κ1) is 13.5. The second-order valence-electron chi connectivity index (χ2n) is 4.51. The van der Waals surface area contributed by atoms with Gasteiger partial charge >= 0.3 is 0 Å². The first-order chi connectivity index (χ1) is 9.61. The minimum absolute atomic E-state index is 0.0480. The van der Waals surface area contributed by atoms with E-state index in [-0.39, 0.29) is 5.91 Å². The second-order valence-corrected chi connectivity index (χ2v) is 6.49. The Morgan fingerprint density at radius 2 is 2.15 bits per heavy atom. The zero-order valence-electron chi connectivity index (χ0n) is 10.5. The highest BCUT2D eigenvalue weighted by molar-refractivity contribution is 9.10. The van der Waals surface area contributed by atoms with E-state index in [2.05, 4.69) is 26.2 Å². The molecular formula is C14H12BrN3OS. The van der Waals surface area contributed by atoms with Gasteiger partial charge in [-0.3, -0.25) is 4.79 Å². The minimum atomic E-state index is 0.0480. The molecule has 1 aromatic carbocycles. The molecule has 2 heterocycles. The highest BCUT2D eigenvalue weighted by Crippen LogP contribution is 2.36. The van der Waals surface area contributed by atoms with E-state index in [0.29, 0.717) is 12.1 Å². The van der Waals surface area contributed by atoms with Gasteiger partial charge in [-0.25, -0.2) is 4.98 Å². The molecule has 0 aliphatic carbocycles. The van der Waals surface area contributed by atoms with Gasteiger partial charge in [0.1, 0.15) is 5.03 Å². The van der Waals surface area contributed by atoms with E-state index in [0.717, 1.165) is 32.1 Å². The Hall–Kier alpha value is -1.53. The van der Waals surface area contributed by atoms with E-state index >= 15 is 0 Å². The van der Waals surface area contributed by atoms with Gasteiger partial charge in [-0.05, 0) is 52.2 Å². The van der Waals surface area contributed by atoms with E-state index < -0.39 is 0 Å². The molecule has 0 atom stereocenters. The number of amides is 1. The zero-order chi connectivity index (χ0) is 14.1. The number of anilines is 2. The zero-order valence-corrected chi connectivity index (χ0v) is 12.9. The first-order valence-corrected chi connectivity index (χ1v) is 7.74. The van der Waals surface area contributed by atoms with Crippen LogP contribution in [0.15, 0.2) is 44.9 Å². The molecular weight excluding hydrogens is 338 g/mol. The third-order valence-electron chi connectivity index (χ3n) is 3.05. The molecule has 0 bridgehead atoms. The second kappa shape index (κ2) is 5.46. The maximum Gasteiger partial charge on any atom is 0.224 e. The summed E-state index contributed by atoms with van der Waals surface area (Å²) in [6, 6.07) is 7.76. The largest absolute Gasteiger partial charge is 0.398 e. The maximum absolute atomic E-state index is 11.4. The van der Waals surface area contributed by atoms with Crippen LogP contribution in [0.25, 0.3) is 0 Å². The quantitative estimate of drug-likeness (QED) is 0.814. The van der Waals surface area contributed by atoms with Crippen LogP contribution in [0.1, 0.15) is 12.0 Å². The number of aromatic nitrogens is 1. The summed E-state index contributed by atoms with van der Waals surface area (Å²) in [6.45, 7) is 0. The van der Waals surface area contributed by atoms with E-state index in [1.165, 1.54) is 11.8 Å². The molecule has 1 amide bonds. The number of carbonyl (C=O) groups is 1. The van der Waals surface area contributed by atoms with Crippen LogP contribution >= 0.6 is 27.7 Å². The number of carbonyl (C=O) groups excluding carboxylic acids is 1. The third kappa shape index (κ3) is 2.81. The Labute approximate surface area is 129 Å². The molecule has 1 aliphatic heterocycles. The van der Waals surface area contributed by atoms with Gasteiger partial charge in [-0.2, -0.15) is 0 Å². The number of nitrogens with one attached hydrogen (secondary N) is 1. The van der Waals surface area contributed by atoms with Gasteiger partial charge in [-0.15, -0.1) is 0 Å². The SMILES string of the molecule is Nc1cc2c(cc1Sc1ccc(Br)cn1)CCC(=O)N2. The van der Waals surface area contributed by atoms with Crippen molar-refractivity contribution < 1.29 is 4.79 Å². The summed E-state index contributed by atoms with van der Waals surface area (Å²) in [5.74, 6) is 0.0480. The van der Waals surface area contributed by atoms with Gasteiger partial charge < -0.3 is 11.1 Å². The topological polar surface area (TPSA) is 68.0 Å². The first-order valence-electron chi connectivity index (χ1n) is 6.13. The molecule has 20 heavy (non-hydrogen) atoms. The van der Waals surface area contributed by atoms with Crippen molar-refractivity contribution in [3.05, 3.63) is 40.5 Å². The number of hydrogen-bond acceptors (Lipinski definition) is 4. The molecule has 1 aliphatic rings. The fraction of sp³-hybridized carbons (Fsp3) is 0.143. The van der Waals surface area contributed by atoms with Crippen molar-refractivity contribution in [2.45, 2.75) is 22.8 Å². The van der Waals surface area contributed by atoms with Crippen LogP contribution in [0.3, 0.4) is 0 Å². The predicted molar refractivity (Wildman–Crippen MR) is 83.9 cm³/mol. The fourth-order valence-electron chi connectivity index (χ4n) is 2.05. The van der Waals surface area contributed by atoms with Crippen LogP contribution in [0.2, 0.25) is 0 Å². The number of hydrogen-bond donors (Lipinski definition) is 2. The molecule has 0 spiro atoms. The van der Waals surface area contributed by atoms with Crippen molar-refractivity contribution in [1.82, 2.24) is 4.98 Å². The van der Waals surface area contributed by atoms with Crippen LogP contribution in [0.4, 0.5) is 11.4 Å². The number of aryl methyl sites for hydroxylation is 1. The summed E-state index contributed by atoms with van der Waals surface area (Å²) < 4.78 is 0.947. The number of benzene rings is 1. The molecule has 3 rings (SSSR count). The Morgan fingerprint density at radius 3 is 2.90 bits per heavy atom. The molecule has 1 aromatic heterocycles. The fourth-order valence-corrected chi connectivity index (χ4v) is 3.13. The van der Waals surface area contributed by atoms with Crippen LogP contribution in [0, 0.1) is 0 Å². The number of nitrogens with zero attached hydrogens (tertiary/aromatic N) is 1. The third-order valence-corrected chi connectivity index (χ3v) is 4.54. The number of pyridine rings is 1. The maximum atomic E-state index is 11.4. The Morgan fingerprint density at radius 1 is 1.30 bits per heavy atom. The van der Waals surface area contributed by atoms with E-state index in [9.17, 15) is 4.79 Å². The van der Waals surface area contributed by atoms with Crippen molar-refractivity contribution in [3.8, 4) is 0 Å². The number of halogens is 1. The van der Waals surface area contributed by atoms with Crippen molar-refractivity contribution >= 4 is 45.0 Å². The molecule has 0 saturated carbocycles. The summed E-state index contributed by atoms with van der Waals surface area (Å²) in [5, 5.41) is 3.74. The normalized spacial score (nSPS) is 13.8. The Balaban J connectivity index is 1.90. The molecule has 0 saturated heterocycles. The molecule has 3 N–H and O–H groups in total. The average molecular weight is 350 g/mol. The average Bonchev–Trinajstić information content (AvgIpc) is 2.42. The standard InChI is InChI=1S/C14H12BrN3OS/c15-9-2-4-14(17-7-9)20-12-5-8-1-3-13(19)18-11(8)6-10(12)16/h2,4-7H,1,3,16H2,(H,18,19). The van der Waals surface area contributed by atoms with Gasteiger partial charge in [0.2, 0.25) is 5.91 Å². The molecule has 6 heteroatoms. The summed E-state index contributed by atoms with van der Waals surface area (Å²) >= 11 is 4.89. The Kier molecular flexibility index (Phi) is 3.67. The summed E-state index contributed by atoms with van der Waals surface area (Å²) in [4.78, 5) is 16.7.